The van der Waals surface area contributed by atoms with Gasteiger partial charge in [0.15, 0.2) is 0 Å². The van der Waals surface area contributed by atoms with Crippen LogP contribution in [0.3, 0.4) is 0 Å². The summed E-state index contributed by atoms with van der Waals surface area (Å²) in [6.07, 6.45) is 7.38. The minimum absolute atomic E-state index is 0. The molecule has 0 amide bonds. The molecule has 0 saturated heterocycles. The molecular weight excluding hydrogens is 192 g/mol. The molecule has 0 N–H and O–H groups in total. The van der Waals surface area contributed by atoms with Gasteiger partial charge in [-0.15, -0.1) is 0 Å². The molecule has 2 aliphatic carbocycles. The lowest BCUT2D eigenvalue weighted by Crippen LogP contribution is -2.26. The summed E-state index contributed by atoms with van der Waals surface area (Å²) in [5.74, 6) is 2.08. The van der Waals surface area contributed by atoms with Crippen LogP contribution >= 0.6 is 0 Å². The molecule has 0 aromatic heterocycles. The zero-order chi connectivity index (χ0) is 11.7. The van der Waals surface area contributed by atoms with E-state index in [0.717, 1.165) is 11.8 Å². The summed E-state index contributed by atoms with van der Waals surface area (Å²) in [4.78, 5) is 0. The Labute approximate surface area is 104 Å². The van der Waals surface area contributed by atoms with Gasteiger partial charge in [-0.3, -0.25) is 0 Å². The lowest BCUT2D eigenvalue weighted by molar-refractivity contribution is 0.141. The first-order valence-corrected chi connectivity index (χ1v) is 6.71. The standard InChI is InChI=1S/C8H16.C7H14.CH4/c1-8(2,3)7-5-4-6-7;1-7(2,3)6-4-5-6;/h7H,4-6H2,1-3H3;6H,4-5H2,1-3H3;1H4. The summed E-state index contributed by atoms with van der Waals surface area (Å²) < 4.78 is 0. The van der Waals surface area contributed by atoms with Crippen LogP contribution in [0.2, 0.25) is 0 Å². The second-order valence-electron chi connectivity index (χ2n) is 7.63. The van der Waals surface area contributed by atoms with Gasteiger partial charge < -0.3 is 0 Å². The highest BCUT2D eigenvalue weighted by atomic mass is 14.4. The maximum atomic E-state index is 2.34. The Bertz CT molecular complexity index is 181. The van der Waals surface area contributed by atoms with Gasteiger partial charge in [0, 0.05) is 0 Å². The molecule has 2 aliphatic rings. The normalized spacial score (nSPS) is 21.4. The van der Waals surface area contributed by atoms with E-state index in [1.807, 2.05) is 0 Å². The minimum atomic E-state index is 0. The number of rotatable bonds is 0. The van der Waals surface area contributed by atoms with Crippen molar-refractivity contribution in [2.75, 3.05) is 0 Å². The average Bonchev–Trinajstić information content (AvgIpc) is 2.53. The monoisotopic (exact) mass is 226 g/mol. The smallest absolute Gasteiger partial charge is 0.0354 e. The van der Waals surface area contributed by atoms with Crippen molar-refractivity contribution in [3.05, 3.63) is 0 Å². The number of hydrogen-bond donors (Lipinski definition) is 0. The van der Waals surface area contributed by atoms with Crippen molar-refractivity contribution in [1.29, 1.82) is 0 Å². The Morgan fingerprint density at radius 2 is 0.938 bits per heavy atom. The highest BCUT2D eigenvalue weighted by molar-refractivity contribution is 4.84. The second-order valence-corrected chi connectivity index (χ2v) is 7.63. The molecule has 0 radical (unpaired) electrons. The quantitative estimate of drug-likeness (QED) is 0.481. The van der Waals surface area contributed by atoms with E-state index in [9.17, 15) is 0 Å². The summed E-state index contributed by atoms with van der Waals surface area (Å²) in [5, 5.41) is 0. The van der Waals surface area contributed by atoms with Crippen molar-refractivity contribution in [1.82, 2.24) is 0 Å². The van der Waals surface area contributed by atoms with Gasteiger partial charge in [0.1, 0.15) is 0 Å². The molecule has 2 saturated carbocycles. The summed E-state index contributed by atoms with van der Waals surface area (Å²) in [6.45, 7) is 14.0. The Kier molecular flexibility index (Phi) is 5.56. The van der Waals surface area contributed by atoms with Gasteiger partial charge in [-0.2, -0.15) is 0 Å². The van der Waals surface area contributed by atoms with Gasteiger partial charge in [0.2, 0.25) is 0 Å². The first-order chi connectivity index (χ1) is 6.71. The largest absolute Gasteiger partial charge is 0.0776 e. The molecular formula is C16H34. The fraction of sp³-hybridized carbons (Fsp3) is 1.00. The number of hydrogen-bond acceptors (Lipinski definition) is 0. The summed E-state index contributed by atoms with van der Waals surface area (Å²) in [5.41, 5.74) is 1.21. The van der Waals surface area contributed by atoms with Gasteiger partial charge >= 0.3 is 0 Å². The van der Waals surface area contributed by atoms with E-state index in [0.29, 0.717) is 10.8 Å². The zero-order valence-corrected chi connectivity index (χ0v) is 11.7. The highest BCUT2D eigenvalue weighted by Gasteiger charge is 2.33. The van der Waals surface area contributed by atoms with Gasteiger partial charge in [-0.1, -0.05) is 55.4 Å². The Morgan fingerprint density at radius 3 is 0.938 bits per heavy atom. The third-order valence-electron chi connectivity index (χ3n) is 4.13. The van der Waals surface area contributed by atoms with Crippen LogP contribution in [0, 0.1) is 22.7 Å². The van der Waals surface area contributed by atoms with Crippen molar-refractivity contribution < 1.29 is 0 Å². The molecule has 0 aromatic rings. The molecule has 0 heteroatoms. The third-order valence-corrected chi connectivity index (χ3v) is 4.13. The Morgan fingerprint density at radius 1 is 0.625 bits per heavy atom. The van der Waals surface area contributed by atoms with Gasteiger partial charge in [0.25, 0.3) is 0 Å². The summed E-state index contributed by atoms with van der Waals surface area (Å²) >= 11 is 0. The second kappa shape index (κ2) is 5.56. The van der Waals surface area contributed by atoms with Crippen LogP contribution in [-0.4, -0.2) is 0 Å². The van der Waals surface area contributed by atoms with E-state index in [2.05, 4.69) is 41.5 Å². The molecule has 98 valence electrons. The average molecular weight is 226 g/mol. The molecule has 16 heavy (non-hydrogen) atoms. The molecule has 2 fully saturated rings. The van der Waals surface area contributed by atoms with Crippen molar-refractivity contribution >= 4 is 0 Å². The van der Waals surface area contributed by atoms with Crippen LogP contribution in [0.25, 0.3) is 0 Å². The molecule has 0 aliphatic heterocycles. The van der Waals surface area contributed by atoms with Crippen LogP contribution in [-0.2, 0) is 0 Å². The van der Waals surface area contributed by atoms with E-state index in [1.165, 1.54) is 32.1 Å². The Balaban J connectivity index is 0.000000267. The van der Waals surface area contributed by atoms with Crippen molar-refractivity contribution in [2.24, 2.45) is 22.7 Å². The molecule has 0 atom stereocenters. The van der Waals surface area contributed by atoms with E-state index < -0.39 is 0 Å². The minimum Gasteiger partial charge on any atom is -0.0776 e. The van der Waals surface area contributed by atoms with Gasteiger partial charge in [0.05, 0.1) is 0 Å². The molecule has 0 unspecified atom stereocenters. The SMILES string of the molecule is C.CC(C)(C)C1CC1.CC(C)(C)C1CCC1. The lowest BCUT2D eigenvalue weighted by Gasteiger charge is -2.37. The van der Waals surface area contributed by atoms with E-state index >= 15 is 0 Å². The maximum Gasteiger partial charge on any atom is -0.0354 e. The van der Waals surface area contributed by atoms with Crippen LogP contribution in [0.4, 0.5) is 0 Å². The zero-order valence-electron chi connectivity index (χ0n) is 11.7. The first kappa shape index (κ1) is 16.0. The lowest BCUT2D eigenvalue weighted by atomic mass is 9.69. The van der Waals surface area contributed by atoms with Crippen molar-refractivity contribution in [2.45, 2.75) is 81.1 Å². The van der Waals surface area contributed by atoms with Crippen molar-refractivity contribution in [3.63, 3.8) is 0 Å². The first-order valence-electron chi connectivity index (χ1n) is 6.71. The molecule has 0 nitrogen and oxygen atoms in total. The Hall–Kier alpha value is 0. The predicted octanol–water partition coefficient (Wildman–Crippen LogP) is 5.91. The van der Waals surface area contributed by atoms with Crippen LogP contribution < -0.4 is 0 Å². The molecule has 0 heterocycles. The highest BCUT2D eigenvalue weighted by Crippen LogP contribution is 2.44. The predicted molar refractivity (Wildman–Crippen MR) is 75.7 cm³/mol. The van der Waals surface area contributed by atoms with Gasteiger partial charge in [-0.05, 0) is 48.3 Å². The topological polar surface area (TPSA) is 0 Å². The summed E-state index contributed by atoms with van der Waals surface area (Å²) in [6, 6.07) is 0. The van der Waals surface area contributed by atoms with E-state index in [-0.39, 0.29) is 7.43 Å². The third kappa shape index (κ3) is 5.37. The molecule has 0 aromatic carbocycles. The van der Waals surface area contributed by atoms with E-state index in [4.69, 9.17) is 0 Å². The summed E-state index contributed by atoms with van der Waals surface area (Å²) in [7, 11) is 0. The fourth-order valence-corrected chi connectivity index (χ4v) is 2.22. The maximum absolute atomic E-state index is 2.34. The molecule has 2 rings (SSSR count). The van der Waals surface area contributed by atoms with Crippen molar-refractivity contribution in [3.8, 4) is 0 Å². The molecule has 0 bridgehead atoms. The van der Waals surface area contributed by atoms with E-state index in [1.54, 1.807) is 0 Å². The van der Waals surface area contributed by atoms with Crippen LogP contribution in [0.1, 0.15) is 81.1 Å². The molecule has 0 spiro atoms. The van der Waals surface area contributed by atoms with Crippen LogP contribution in [0.5, 0.6) is 0 Å². The van der Waals surface area contributed by atoms with Crippen LogP contribution in [0.15, 0.2) is 0 Å². The fourth-order valence-electron chi connectivity index (χ4n) is 2.22. The van der Waals surface area contributed by atoms with Gasteiger partial charge in [-0.25, -0.2) is 0 Å².